The number of ketones is 1. The molecule has 0 aliphatic rings. The topological polar surface area (TPSA) is 49.3 Å². The Hall–Kier alpha value is -0.620. The zero-order valence-electron chi connectivity index (χ0n) is 13.7. The van der Waals surface area contributed by atoms with Crippen molar-refractivity contribution in [3.05, 3.63) is 27.3 Å². The molecule has 1 aromatic rings. The second-order valence-electron chi connectivity index (χ2n) is 7.55. The standard InChI is InChI=1S/C17H26INO2/c1-16(2,3)15(21)13(19-17(4,5)6)10-11-7-8-14(20)12(18)9-11/h7-9,13,19-20H,10H2,1-6H3/t13-/m0/s1. The lowest BCUT2D eigenvalue weighted by Gasteiger charge is -2.32. The lowest BCUT2D eigenvalue weighted by molar-refractivity contribution is -0.128. The first-order chi connectivity index (χ1) is 9.40. The van der Waals surface area contributed by atoms with Gasteiger partial charge in [0.15, 0.2) is 5.78 Å². The molecule has 0 bridgehead atoms. The summed E-state index contributed by atoms with van der Waals surface area (Å²) in [5.74, 6) is 0.488. The minimum absolute atomic E-state index is 0.129. The predicted octanol–water partition coefficient (Wildman–Crippen LogP) is 3.91. The molecule has 0 saturated heterocycles. The number of Topliss-reactive ketones (excluding diaryl/α,β-unsaturated/α-hetero) is 1. The molecule has 21 heavy (non-hydrogen) atoms. The Morgan fingerprint density at radius 3 is 2.24 bits per heavy atom. The van der Waals surface area contributed by atoms with Gasteiger partial charge in [0.25, 0.3) is 0 Å². The summed E-state index contributed by atoms with van der Waals surface area (Å²) in [6.07, 6.45) is 0.629. The highest BCUT2D eigenvalue weighted by molar-refractivity contribution is 14.1. The number of hydrogen-bond donors (Lipinski definition) is 2. The van der Waals surface area contributed by atoms with Crippen LogP contribution in [0.25, 0.3) is 0 Å². The second-order valence-corrected chi connectivity index (χ2v) is 8.71. The molecule has 0 radical (unpaired) electrons. The van der Waals surface area contributed by atoms with Crippen LogP contribution in [-0.2, 0) is 11.2 Å². The molecular weight excluding hydrogens is 377 g/mol. The normalized spacial score (nSPS) is 14.0. The fourth-order valence-electron chi connectivity index (χ4n) is 2.17. The molecule has 2 N–H and O–H groups in total. The van der Waals surface area contributed by atoms with E-state index in [2.05, 4.69) is 48.7 Å². The maximum atomic E-state index is 12.7. The first kappa shape index (κ1) is 18.4. The van der Waals surface area contributed by atoms with E-state index in [0.29, 0.717) is 6.42 Å². The van der Waals surface area contributed by atoms with Crippen LogP contribution >= 0.6 is 22.6 Å². The third-order valence-corrected chi connectivity index (χ3v) is 3.98. The number of benzene rings is 1. The van der Waals surface area contributed by atoms with Crippen molar-refractivity contribution in [1.82, 2.24) is 5.32 Å². The summed E-state index contributed by atoms with van der Waals surface area (Å²) in [5.41, 5.74) is 0.541. The number of carbonyl (C=O) groups excluding carboxylic acids is 1. The molecule has 0 aliphatic heterocycles. The van der Waals surface area contributed by atoms with Crippen LogP contribution in [0.3, 0.4) is 0 Å². The molecule has 0 heterocycles. The summed E-state index contributed by atoms with van der Waals surface area (Å²) in [7, 11) is 0. The SMILES string of the molecule is CC(C)(C)N[C@@H](Cc1ccc(O)c(I)c1)C(=O)C(C)(C)C. The average Bonchev–Trinajstić information content (AvgIpc) is 2.29. The number of halogens is 1. The number of carbonyl (C=O) groups is 1. The molecule has 0 amide bonds. The molecular formula is C17H26INO2. The van der Waals surface area contributed by atoms with Crippen LogP contribution in [0.15, 0.2) is 18.2 Å². The summed E-state index contributed by atoms with van der Waals surface area (Å²) < 4.78 is 0.808. The minimum atomic E-state index is -0.382. The first-order valence-electron chi connectivity index (χ1n) is 7.19. The first-order valence-corrected chi connectivity index (χ1v) is 8.27. The number of phenols is 1. The molecule has 0 saturated carbocycles. The molecule has 0 fully saturated rings. The number of nitrogens with one attached hydrogen (secondary N) is 1. The van der Waals surface area contributed by atoms with Gasteiger partial charge in [0.1, 0.15) is 5.75 Å². The monoisotopic (exact) mass is 403 g/mol. The molecule has 1 atom stereocenters. The fraction of sp³-hybridized carbons (Fsp3) is 0.588. The molecule has 1 rings (SSSR count). The smallest absolute Gasteiger partial charge is 0.155 e. The van der Waals surface area contributed by atoms with Gasteiger partial charge < -0.3 is 10.4 Å². The Bertz CT molecular complexity index is 513. The van der Waals surface area contributed by atoms with E-state index in [0.717, 1.165) is 9.13 Å². The van der Waals surface area contributed by atoms with E-state index in [9.17, 15) is 9.90 Å². The van der Waals surface area contributed by atoms with Crippen molar-refractivity contribution >= 4 is 28.4 Å². The Morgan fingerprint density at radius 2 is 1.81 bits per heavy atom. The third-order valence-electron chi connectivity index (χ3n) is 3.11. The van der Waals surface area contributed by atoms with Crippen LogP contribution in [0.1, 0.15) is 47.1 Å². The van der Waals surface area contributed by atoms with Crippen LogP contribution < -0.4 is 5.32 Å². The summed E-state index contributed by atoms with van der Waals surface area (Å²) in [5, 5.41) is 13.0. The van der Waals surface area contributed by atoms with E-state index in [4.69, 9.17) is 0 Å². The summed E-state index contributed by atoms with van der Waals surface area (Å²) in [4.78, 5) is 12.7. The van der Waals surface area contributed by atoms with Gasteiger partial charge >= 0.3 is 0 Å². The second kappa shape index (κ2) is 6.65. The fourth-order valence-corrected chi connectivity index (χ4v) is 2.75. The van der Waals surface area contributed by atoms with E-state index in [-0.39, 0.29) is 28.5 Å². The molecule has 0 spiro atoms. The van der Waals surface area contributed by atoms with Crippen molar-refractivity contribution in [1.29, 1.82) is 0 Å². The Balaban J connectivity index is 3.01. The lowest BCUT2D eigenvalue weighted by Crippen LogP contribution is -2.51. The van der Waals surface area contributed by atoms with Crippen molar-refractivity contribution < 1.29 is 9.90 Å². The lowest BCUT2D eigenvalue weighted by atomic mass is 9.83. The third kappa shape index (κ3) is 5.94. The van der Waals surface area contributed by atoms with Crippen molar-refractivity contribution in [3.8, 4) is 5.75 Å². The van der Waals surface area contributed by atoms with Crippen molar-refractivity contribution in [2.75, 3.05) is 0 Å². The van der Waals surface area contributed by atoms with E-state index in [1.165, 1.54) is 0 Å². The predicted molar refractivity (Wildman–Crippen MR) is 95.7 cm³/mol. The van der Waals surface area contributed by atoms with Crippen molar-refractivity contribution in [2.24, 2.45) is 5.41 Å². The molecule has 1 aromatic carbocycles. The number of rotatable bonds is 4. The molecule has 0 aromatic heterocycles. The van der Waals surface area contributed by atoms with Crippen molar-refractivity contribution in [2.45, 2.75) is 59.5 Å². The van der Waals surface area contributed by atoms with Gasteiger partial charge in [0.05, 0.1) is 9.61 Å². The molecule has 118 valence electrons. The maximum absolute atomic E-state index is 12.7. The van der Waals surface area contributed by atoms with Crippen LogP contribution in [0.2, 0.25) is 0 Å². The Kier molecular flexibility index (Phi) is 5.83. The summed E-state index contributed by atoms with van der Waals surface area (Å²) >= 11 is 2.10. The molecule has 0 unspecified atom stereocenters. The van der Waals surface area contributed by atoms with E-state index < -0.39 is 0 Å². The van der Waals surface area contributed by atoms with Crippen LogP contribution in [0, 0.1) is 8.99 Å². The van der Waals surface area contributed by atoms with Gasteiger partial charge in [0.2, 0.25) is 0 Å². The van der Waals surface area contributed by atoms with Gasteiger partial charge in [0, 0.05) is 11.0 Å². The number of aromatic hydroxyl groups is 1. The number of hydrogen-bond acceptors (Lipinski definition) is 3. The quantitative estimate of drug-likeness (QED) is 0.750. The van der Waals surface area contributed by atoms with Gasteiger partial charge in [-0.25, -0.2) is 0 Å². The highest BCUT2D eigenvalue weighted by Crippen LogP contribution is 2.24. The molecule has 3 nitrogen and oxygen atoms in total. The van der Waals surface area contributed by atoms with Gasteiger partial charge in [-0.3, -0.25) is 4.79 Å². The highest BCUT2D eigenvalue weighted by atomic mass is 127. The Morgan fingerprint density at radius 1 is 1.24 bits per heavy atom. The maximum Gasteiger partial charge on any atom is 0.155 e. The van der Waals surface area contributed by atoms with Gasteiger partial charge in [-0.1, -0.05) is 26.8 Å². The van der Waals surface area contributed by atoms with Gasteiger partial charge in [-0.05, 0) is 67.5 Å². The summed E-state index contributed by atoms with van der Waals surface area (Å²) in [6.45, 7) is 12.1. The largest absolute Gasteiger partial charge is 0.507 e. The van der Waals surface area contributed by atoms with Crippen LogP contribution in [0.4, 0.5) is 0 Å². The average molecular weight is 403 g/mol. The van der Waals surface area contributed by atoms with Crippen molar-refractivity contribution in [3.63, 3.8) is 0 Å². The van der Waals surface area contributed by atoms with Crippen LogP contribution in [-0.4, -0.2) is 22.5 Å². The molecule has 4 heteroatoms. The summed E-state index contributed by atoms with van der Waals surface area (Å²) in [6, 6.07) is 5.27. The zero-order valence-corrected chi connectivity index (χ0v) is 15.9. The zero-order chi connectivity index (χ0) is 16.4. The van der Waals surface area contributed by atoms with E-state index >= 15 is 0 Å². The van der Waals surface area contributed by atoms with Gasteiger partial charge in [-0.15, -0.1) is 0 Å². The highest BCUT2D eigenvalue weighted by Gasteiger charge is 2.32. The molecule has 0 aliphatic carbocycles. The van der Waals surface area contributed by atoms with E-state index in [1.54, 1.807) is 6.07 Å². The Labute approximate surface area is 141 Å². The number of phenolic OH excluding ortho intramolecular Hbond substituents is 1. The van der Waals surface area contributed by atoms with Crippen LogP contribution in [0.5, 0.6) is 5.75 Å². The van der Waals surface area contributed by atoms with E-state index in [1.807, 2.05) is 32.9 Å². The van der Waals surface area contributed by atoms with Gasteiger partial charge in [-0.2, -0.15) is 0 Å². The minimum Gasteiger partial charge on any atom is -0.507 e.